The summed E-state index contributed by atoms with van der Waals surface area (Å²) < 4.78 is 23.7. The first-order valence-electron chi connectivity index (χ1n) is 5.32. The zero-order valence-corrected chi connectivity index (χ0v) is 11.2. The Balaban J connectivity index is 2.28. The molecule has 0 saturated carbocycles. The van der Waals surface area contributed by atoms with Crippen molar-refractivity contribution in [1.82, 2.24) is 0 Å². The predicted molar refractivity (Wildman–Crippen MR) is 74.2 cm³/mol. The monoisotopic (exact) mass is 276 g/mol. The van der Waals surface area contributed by atoms with Gasteiger partial charge in [-0.15, -0.1) is 0 Å². The number of rotatable bonds is 4. The van der Waals surface area contributed by atoms with Crippen LogP contribution in [0.3, 0.4) is 0 Å². The van der Waals surface area contributed by atoms with Crippen molar-refractivity contribution in [2.45, 2.75) is 14.7 Å². The van der Waals surface area contributed by atoms with E-state index in [1.165, 1.54) is 5.41 Å². The Bertz CT molecular complexity index is 589. The Hall–Kier alpha value is -1.52. The van der Waals surface area contributed by atoms with Crippen LogP contribution in [0.2, 0.25) is 0 Å². The van der Waals surface area contributed by atoms with E-state index in [9.17, 15) is 8.42 Å². The molecular formula is C14H12O2S2. The summed E-state index contributed by atoms with van der Waals surface area (Å²) in [6.45, 7) is 3.48. The van der Waals surface area contributed by atoms with Crippen molar-refractivity contribution in [3.63, 3.8) is 0 Å². The van der Waals surface area contributed by atoms with Gasteiger partial charge in [0.2, 0.25) is 0 Å². The summed E-state index contributed by atoms with van der Waals surface area (Å²) in [5.41, 5.74) is 0. The molecular weight excluding hydrogens is 264 g/mol. The third-order valence-electron chi connectivity index (χ3n) is 2.38. The highest BCUT2D eigenvalue weighted by atomic mass is 32.2. The van der Waals surface area contributed by atoms with Gasteiger partial charge in [-0.2, -0.15) is 0 Å². The molecule has 0 amide bonds. The van der Waals surface area contributed by atoms with E-state index in [2.05, 4.69) is 6.58 Å². The SMILES string of the molecule is C=CS(=O)c1ccc(S(=O)c2ccccc2)cc1. The summed E-state index contributed by atoms with van der Waals surface area (Å²) in [6, 6.07) is 16.2. The standard InChI is InChI=1S/C14H12O2S2/c1-2-17(15)12-8-10-14(11-9-12)18(16)13-6-4-3-5-7-13/h2-11H,1H2. The summed E-state index contributed by atoms with van der Waals surface area (Å²) in [6.07, 6.45) is 0. The first-order chi connectivity index (χ1) is 8.72. The molecule has 0 aliphatic rings. The molecule has 0 bridgehead atoms. The Morgan fingerprint density at radius 2 is 1.28 bits per heavy atom. The minimum atomic E-state index is -1.20. The summed E-state index contributed by atoms with van der Waals surface area (Å²) >= 11 is 0. The van der Waals surface area contributed by atoms with Gasteiger partial charge in [0.25, 0.3) is 0 Å². The van der Waals surface area contributed by atoms with Crippen molar-refractivity contribution >= 4 is 21.6 Å². The maximum Gasteiger partial charge on any atom is 0.0849 e. The third-order valence-corrected chi connectivity index (χ3v) is 4.82. The maximum atomic E-state index is 12.2. The second-order valence-electron chi connectivity index (χ2n) is 3.52. The van der Waals surface area contributed by atoms with Crippen LogP contribution < -0.4 is 0 Å². The van der Waals surface area contributed by atoms with E-state index in [0.717, 1.165) is 4.90 Å². The smallest absolute Gasteiger partial charge is 0.0849 e. The highest BCUT2D eigenvalue weighted by Gasteiger charge is 2.07. The van der Waals surface area contributed by atoms with E-state index in [1.54, 1.807) is 24.3 Å². The van der Waals surface area contributed by atoms with Gasteiger partial charge < -0.3 is 0 Å². The average molecular weight is 276 g/mol. The van der Waals surface area contributed by atoms with Crippen LogP contribution in [-0.4, -0.2) is 8.42 Å². The van der Waals surface area contributed by atoms with Crippen LogP contribution in [0.25, 0.3) is 0 Å². The zero-order valence-electron chi connectivity index (χ0n) is 9.61. The van der Waals surface area contributed by atoms with Gasteiger partial charge in [-0.05, 0) is 36.4 Å². The van der Waals surface area contributed by atoms with Crippen molar-refractivity contribution in [3.8, 4) is 0 Å². The minimum Gasteiger partial charge on any atom is -0.250 e. The molecule has 2 aromatic rings. The van der Waals surface area contributed by atoms with Crippen molar-refractivity contribution < 1.29 is 8.42 Å². The molecule has 0 saturated heterocycles. The summed E-state index contributed by atoms with van der Waals surface area (Å²) in [5, 5.41) is 1.38. The van der Waals surface area contributed by atoms with Gasteiger partial charge in [0.1, 0.15) is 0 Å². The molecule has 92 valence electrons. The second-order valence-corrected chi connectivity index (χ2v) is 6.40. The van der Waals surface area contributed by atoms with Crippen LogP contribution in [-0.2, 0) is 21.6 Å². The van der Waals surface area contributed by atoms with E-state index in [0.29, 0.717) is 9.79 Å². The lowest BCUT2D eigenvalue weighted by atomic mass is 10.4. The fraction of sp³-hybridized carbons (Fsp3) is 0. The fourth-order valence-electron chi connectivity index (χ4n) is 1.47. The molecule has 0 N–H and O–H groups in total. The molecule has 0 spiro atoms. The zero-order chi connectivity index (χ0) is 13.0. The second kappa shape index (κ2) is 5.89. The van der Waals surface area contributed by atoms with E-state index in [-0.39, 0.29) is 0 Å². The molecule has 0 heterocycles. The van der Waals surface area contributed by atoms with Crippen molar-refractivity contribution in [1.29, 1.82) is 0 Å². The van der Waals surface area contributed by atoms with Crippen LogP contribution in [0.15, 0.2) is 81.3 Å². The maximum absolute atomic E-state index is 12.2. The Morgan fingerprint density at radius 3 is 1.83 bits per heavy atom. The van der Waals surface area contributed by atoms with E-state index in [1.807, 2.05) is 30.3 Å². The highest BCUT2D eigenvalue weighted by Crippen LogP contribution is 2.18. The molecule has 2 atom stereocenters. The highest BCUT2D eigenvalue weighted by molar-refractivity contribution is 7.88. The van der Waals surface area contributed by atoms with Crippen LogP contribution >= 0.6 is 0 Å². The molecule has 4 heteroatoms. The van der Waals surface area contributed by atoms with Crippen LogP contribution in [0.5, 0.6) is 0 Å². The summed E-state index contributed by atoms with van der Waals surface area (Å²) in [7, 11) is -2.39. The van der Waals surface area contributed by atoms with Crippen LogP contribution in [0, 0.1) is 0 Å². The van der Waals surface area contributed by atoms with Gasteiger partial charge >= 0.3 is 0 Å². The normalized spacial score (nSPS) is 13.8. The van der Waals surface area contributed by atoms with E-state index >= 15 is 0 Å². The van der Waals surface area contributed by atoms with Gasteiger partial charge in [0.15, 0.2) is 0 Å². The van der Waals surface area contributed by atoms with Crippen molar-refractivity contribution in [3.05, 3.63) is 66.6 Å². The lowest BCUT2D eigenvalue weighted by Crippen LogP contribution is -1.93. The average Bonchev–Trinajstić information content (AvgIpc) is 2.47. The Labute approximate surface area is 111 Å². The Kier molecular flexibility index (Phi) is 4.23. The molecule has 0 aliphatic carbocycles. The third kappa shape index (κ3) is 2.83. The minimum absolute atomic E-state index is 0.666. The van der Waals surface area contributed by atoms with Crippen LogP contribution in [0.4, 0.5) is 0 Å². The van der Waals surface area contributed by atoms with E-state index in [4.69, 9.17) is 0 Å². The first kappa shape index (κ1) is 12.9. The fourth-order valence-corrected chi connectivity index (χ4v) is 3.13. The summed E-state index contributed by atoms with van der Waals surface area (Å²) in [5.74, 6) is 0. The predicted octanol–water partition coefficient (Wildman–Crippen LogP) is 3.10. The van der Waals surface area contributed by atoms with Gasteiger partial charge in [0, 0.05) is 20.1 Å². The topological polar surface area (TPSA) is 34.1 Å². The van der Waals surface area contributed by atoms with Gasteiger partial charge in [0.05, 0.1) is 21.6 Å². The van der Waals surface area contributed by atoms with Crippen molar-refractivity contribution in [2.24, 2.45) is 0 Å². The van der Waals surface area contributed by atoms with Gasteiger partial charge in [-0.25, -0.2) is 8.42 Å². The largest absolute Gasteiger partial charge is 0.250 e. The lowest BCUT2D eigenvalue weighted by Gasteiger charge is -2.03. The molecule has 2 nitrogen and oxygen atoms in total. The molecule has 0 aromatic heterocycles. The number of benzene rings is 2. The van der Waals surface area contributed by atoms with Crippen LogP contribution in [0.1, 0.15) is 0 Å². The molecule has 0 aliphatic heterocycles. The lowest BCUT2D eigenvalue weighted by molar-refractivity contribution is 0.682. The first-order valence-corrected chi connectivity index (χ1v) is 7.68. The van der Waals surface area contributed by atoms with Gasteiger partial charge in [-0.1, -0.05) is 24.8 Å². The molecule has 2 aromatic carbocycles. The summed E-state index contributed by atoms with van der Waals surface area (Å²) in [4.78, 5) is 2.12. The molecule has 18 heavy (non-hydrogen) atoms. The molecule has 2 rings (SSSR count). The number of hydrogen-bond donors (Lipinski definition) is 0. The quantitative estimate of drug-likeness (QED) is 0.860. The Morgan fingerprint density at radius 1 is 0.778 bits per heavy atom. The van der Waals surface area contributed by atoms with Crippen molar-refractivity contribution in [2.75, 3.05) is 0 Å². The molecule has 0 radical (unpaired) electrons. The molecule has 0 fully saturated rings. The van der Waals surface area contributed by atoms with Gasteiger partial charge in [-0.3, -0.25) is 0 Å². The molecule has 2 unspecified atom stereocenters. The number of hydrogen-bond acceptors (Lipinski definition) is 2. The van der Waals surface area contributed by atoms with E-state index < -0.39 is 21.6 Å².